The zero-order chi connectivity index (χ0) is 15.5. The zero-order valence-corrected chi connectivity index (χ0v) is 13.0. The summed E-state index contributed by atoms with van der Waals surface area (Å²) in [6.07, 6.45) is 4.32. The van der Waals surface area contributed by atoms with Gasteiger partial charge in [-0.25, -0.2) is 4.98 Å². The minimum Gasteiger partial charge on any atom is -0.394 e. The van der Waals surface area contributed by atoms with E-state index < -0.39 is 0 Å². The van der Waals surface area contributed by atoms with E-state index in [-0.39, 0.29) is 21.4 Å². The van der Waals surface area contributed by atoms with Gasteiger partial charge in [-0.3, -0.25) is 4.79 Å². The molecule has 0 fully saturated rings. The summed E-state index contributed by atoms with van der Waals surface area (Å²) in [5, 5.41) is 13.1. The van der Waals surface area contributed by atoms with Crippen LogP contribution in [0.5, 0.6) is 0 Å². The Morgan fingerprint density at radius 3 is 3.09 bits per heavy atom. The van der Waals surface area contributed by atoms with Crippen molar-refractivity contribution in [1.29, 1.82) is 0 Å². The van der Waals surface area contributed by atoms with E-state index in [1.165, 1.54) is 11.3 Å². The molecule has 3 aromatic rings. The molecule has 0 aliphatic rings. The molecule has 0 radical (unpaired) electrons. The van der Waals surface area contributed by atoms with Crippen LogP contribution in [0.15, 0.2) is 36.7 Å². The van der Waals surface area contributed by atoms with Crippen molar-refractivity contribution in [2.24, 2.45) is 0 Å². The topological polar surface area (TPSA) is 78.0 Å². The Balaban J connectivity index is 0.00000144. The lowest BCUT2D eigenvalue weighted by molar-refractivity contribution is 0.0919. The summed E-state index contributed by atoms with van der Waals surface area (Å²) in [5.41, 5.74) is 1.90. The molecule has 3 rings (SSSR count). The smallest absolute Gasteiger partial charge is 0.261 e. The van der Waals surface area contributed by atoms with Crippen LogP contribution in [0.1, 0.15) is 25.9 Å². The van der Waals surface area contributed by atoms with Crippen molar-refractivity contribution in [3.63, 3.8) is 0 Å². The summed E-state index contributed by atoms with van der Waals surface area (Å²) in [6.45, 7) is 1.88. The highest BCUT2D eigenvalue weighted by Gasteiger charge is 2.15. The van der Waals surface area contributed by atoms with Crippen LogP contribution in [0.2, 0.25) is 0 Å². The quantitative estimate of drug-likeness (QED) is 0.675. The van der Waals surface area contributed by atoms with Gasteiger partial charge in [-0.1, -0.05) is 6.92 Å². The molecular formula is C16H21N3O2S. The van der Waals surface area contributed by atoms with Gasteiger partial charge in [-0.05, 0) is 30.7 Å². The number of carbonyl (C=O) groups excluding carboxylic acids is 1. The Morgan fingerprint density at radius 2 is 2.32 bits per heavy atom. The molecule has 0 saturated carbocycles. The number of aromatic amines is 1. The molecule has 1 amide bonds. The maximum absolute atomic E-state index is 12.2. The second-order valence-corrected chi connectivity index (χ2v) is 6.11. The van der Waals surface area contributed by atoms with Gasteiger partial charge in [0.2, 0.25) is 0 Å². The van der Waals surface area contributed by atoms with Gasteiger partial charge < -0.3 is 15.4 Å². The van der Waals surface area contributed by atoms with E-state index in [0.717, 1.165) is 21.5 Å². The van der Waals surface area contributed by atoms with Crippen LogP contribution in [0.25, 0.3) is 21.5 Å². The predicted octanol–water partition coefficient (Wildman–Crippen LogP) is 3.28. The van der Waals surface area contributed by atoms with E-state index in [4.69, 9.17) is 0 Å². The fraction of sp³-hybridized carbons (Fsp3) is 0.250. The van der Waals surface area contributed by atoms with Crippen molar-refractivity contribution >= 4 is 28.3 Å². The third-order valence-corrected chi connectivity index (χ3v) is 4.72. The molecule has 22 heavy (non-hydrogen) atoms. The first-order chi connectivity index (χ1) is 10.7. The van der Waals surface area contributed by atoms with Gasteiger partial charge in [0.1, 0.15) is 5.65 Å². The predicted molar refractivity (Wildman–Crippen MR) is 92.3 cm³/mol. The average molecular weight is 319 g/mol. The number of aliphatic hydroxyl groups excluding tert-OH is 1. The first kappa shape index (κ1) is 14.7. The van der Waals surface area contributed by atoms with Crippen LogP contribution in [0.4, 0.5) is 0 Å². The molecule has 118 valence electrons. The Hall–Kier alpha value is -2.18. The Labute approximate surface area is 135 Å². The second-order valence-electron chi connectivity index (χ2n) is 5.02. The Kier molecular flexibility index (Phi) is 4.22. The van der Waals surface area contributed by atoms with Gasteiger partial charge >= 0.3 is 0 Å². The van der Waals surface area contributed by atoms with E-state index in [0.29, 0.717) is 11.3 Å². The van der Waals surface area contributed by atoms with Gasteiger partial charge in [0.05, 0.1) is 17.5 Å². The maximum Gasteiger partial charge on any atom is 0.261 e. The molecule has 1 atom stereocenters. The molecule has 0 aliphatic heterocycles. The van der Waals surface area contributed by atoms with Crippen molar-refractivity contribution in [1.82, 2.24) is 15.3 Å². The normalized spacial score (nSPS) is 12.5. The number of nitrogens with zero attached hydrogens (tertiary/aromatic N) is 1. The van der Waals surface area contributed by atoms with Crippen LogP contribution in [-0.4, -0.2) is 33.6 Å². The number of amides is 1. The average Bonchev–Trinajstić information content (AvgIpc) is 3.20. The highest BCUT2D eigenvalue weighted by atomic mass is 32.1. The number of aromatic nitrogens is 2. The molecular weight excluding hydrogens is 298 g/mol. The van der Waals surface area contributed by atoms with Crippen LogP contribution >= 0.6 is 11.3 Å². The van der Waals surface area contributed by atoms with Crippen LogP contribution in [-0.2, 0) is 0 Å². The molecule has 3 heterocycles. The number of hydrogen-bond donors (Lipinski definition) is 3. The van der Waals surface area contributed by atoms with E-state index >= 15 is 0 Å². The molecule has 0 aliphatic carbocycles. The molecule has 0 saturated heterocycles. The molecule has 3 aromatic heterocycles. The third kappa shape index (κ3) is 2.75. The van der Waals surface area contributed by atoms with Crippen molar-refractivity contribution in [3.05, 3.63) is 41.5 Å². The first-order valence-electron chi connectivity index (χ1n) is 7.17. The van der Waals surface area contributed by atoms with Gasteiger partial charge in [0.25, 0.3) is 5.91 Å². The minimum absolute atomic E-state index is 0. The monoisotopic (exact) mass is 319 g/mol. The highest BCUT2D eigenvalue weighted by molar-refractivity contribution is 7.17. The molecule has 1 unspecified atom stereocenters. The zero-order valence-electron chi connectivity index (χ0n) is 12.2. The standard InChI is InChI=1S/C16H17N3O2S.2H2/c1-2-10(9-20)19-16(21)14-4-3-13(22-14)11-5-7-17-15-12(11)6-8-18-15;;/h3-8,10,20H,2,9H2,1H3,(H,17,18)(H,19,21);2*1H. The largest absolute Gasteiger partial charge is 0.394 e. The van der Waals surface area contributed by atoms with Gasteiger partial charge in [0, 0.05) is 31.1 Å². The summed E-state index contributed by atoms with van der Waals surface area (Å²) in [5.74, 6) is -0.142. The number of pyridine rings is 1. The lowest BCUT2D eigenvalue weighted by atomic mass is 10.1. The van der Waals surface area contributed by atoms with E-state index in [1.807, 2.05) is 37.4 Å². The lowest BCUT2D eigenvalue weighted by Gasteiger charge is -2.12. The lowest BCUT2D eigenvalue weighted by Crippen LogP contribution is -2.36. The number of thiophene rings is 1. The van der Waals surface area contributed by atoms with E-state index in [9.17, 15) is 9.90 Å². The fourth-order valence-electron chi connectivity index (χ4n) is 2.31. The maximum atomic E-state index is 12.2. The summed E-state index contributed by atoms with van der Waals surface area (Å²) < 4.78 is 0. The second kappa shape index (κ2) is 6.29. The molecule has 3 N–H and O–H groups in total. The van der Waals surface area contributed by atoms with Crippen molar-refractivity contribution in [2.75, 3.05) is 6.61 Å². The summed E-state index contributed by atoms with van der Waals surface area (Å²) in [7, 11) is 0. The van der Waals surface area contributed by atoms with Crippen molar-refractivity contribution in [2.45, 2.75) is 19.4 Å². The molecule has 0 spiro atoms. The minimum atomic E-state index is -0.199. The number of carbonyl (C=O) groups is 1. The first-order valence-corrected chi connectivity index (χ1v) is 7.98. The highest BCUT2D eigenvalue weighted by Crippen LogP contribution is 2.32. The van der Waals surface area contributed by atoms with Crippen LogP contribution in [0.3, 0.4) is 0 Å². The third-order valence-electron chi connectivity index (χ3n) is 3.60. The SMILES string of the molecule is CCC(CO)NC(=O)c1ccc(-c2ccnc3[nH]ccc23)s1.[HH].[HH]. The van der Waals surface area contributed by atoms with Crippen molar-refractivity contribution in [3.8, 4) is 10.4 Å². The molecule has 5 nitrogen and oxygen atoms in total. The van der Waals surface area contributed by atoms with Crippen LogP contribution in [0, 0.1) is 0 Å². The summed E-state index contributed by atoms with van der Waals surface area (Å²) >= 11 is 1.44. The number of aliphatic hydroxyl groups is 1. The molecule has 0 aromatic carbocycles. The molecule has 0 bridgehead atoms. The summed E-state index contributed by atoms with van der Waals surface area (Å²) in [6, 6.07) is 7.50. The number of H-pyrrole nitrogens is 1. The van der Waals surface area contributed by atoms with Gasteiger partial charge in [-0.15, -0.1) is 11.3 Å². The Morgan fingerprint density at radius 1 is 1.45 bits per heavy atom. The van der Waals surface area contributed by atoms with Gasteiger partial charge in [-0.2, -0.15) is 0 Å². The number of rotatable bonds is 5. The molecule has 6 heteroatoms. The Bertz CT molecular complexity index is 799. The fourth-order valence-corrected chi connectivity index (χ4v) is 3.26. The van der Waals surface area contributed by atoms with E-state index in [1.54, 1.807) is 6.20 Å². The number of hydrogen-bond acceptors (Lipinski definition) is 4. The van der Waals surface area contributed by atoms with E-state index in [2.05, 4.69) is 15.3 Å². The summed E-state index contributed by atoms with van der Waals surface area (Å²) in [4.78, 5) is 21.2. The number of nitrogens with one attached hydrogen (secondary N) is 2. The van der Waals surface area contributed by atoms with Crippen LogP contribution < -0.4 is 5.32 Å². The van der Waals surface area contributed by atoms with Crippen molar-refractivity contribution < 1.29 is 12.8 Å². The number of fused-ring (bicyclic) bond motifs is 1. The van der Waals surface area contributed by atoms with Gasteiger partial charge in [0.15, 0.2) is 0 Å².